The van der Waals surface area contributed by atoms with Gasteiger partial charge in [-0.15, -0.1) is 0 Å². The molecule has 0 bridgehead atoms. The Morgan fingerprint density at radius 3 is 1.98 bits per heavy atom. The van der Waals surface area contributed by atoms with E-state index in [0.717, 1.165) is 38.4 Å². The SMILES string of the molecule is Cc1ccc(CN(C(=O)CN(c2cc(C)cc(C)c2)S(C)(=O)=O)C(Cc2ccccc2)C(=O)NCC(C)C)cc1. The number of hydrogen-bond donors (Lipinski definition) is 1. The molecule has 1 N–H and O–H groups in total. The Morgan fingerprint density at radius 1 is 0.825 bits per heavy atom. The molecule has 0 heterocycles. The van der Waals surface area contributed by atoms with Crippen LogP contribution in [0, 0.1) is 26.7 Å². The van der Waals surface area contributed by atoms with E-state index in [2.05, 4.69) is 5.32 Å². The number of carbonyl (C=O) groups excluding carboxylic acids is 2. The number of amides is 2. The fourth-order valence-electron chi connectivity index (χ4n) is 4.58. The molecule has 1 atom stereocenters. The quantitative estimate of drug-likeness (QED) is 0.343. The second-order valence-electron chi connectivity index (χ2n) is 11.0. The van der Waals surface area contributed by atoms with E-state index in [4.69, 9.17) is 0 Å². The topological polar surface area (TPSA) is 86.8 Å². The first-order chi connectivity index (χ1) is 18.8. The van der Waals surface area contributed by atoms with Gasteiger partial charge in [0.15, 0.2) is 0 Å². The molecule has 0 aliphatic heterocycles. The first kappa shape index (κ1) is 30.9. The maximum atomic E-state index is 14.1. The summed E-state index contributed by atoms with van der Waals surface area (Å²) in [6.45, 7) is 9.99. The van der Waals surface area contributed by atoms with Gasteiger partial charge in [0, 0.05) is 19.5 Å². The zero-order valence-electron chi connectivity index (χ0n) is 24.3. The highest BCUT2D eigenvalue weighted by molar-refractivity contribution is 7.92. The fraction of sp³-hybridized carbons (Fsp3) is 0.375. The lowest BCUT2D eigenvalue weighted by atomic mass is 10.0. The molecule has 214 valence electrons. The molecule has 3 aromatic carbocycles. The molecule has 7 nitrogen and oxygen atoms in total. The van der Waals surface area contributed by atoms with Gasteiger partial charge in [-0.2, -0.15) is 0 Å². The van der Waals surface area contributed by atoms with Crippen LogP contribution in [0.2, 0.25) is 0 Å². The Morgan fingerprint density at radius 2 is 1.43 bits per heavy atom. The predicted octanol–water partition coefficient (Wildman–Crippen LogP) is 4.79. The lowest BCUT2D eigenvalue weighted by Gasteiger charge is -2.33. The molecule has 0 aliphatic rings. The van der Waals surface area contributed by atoms with Crippen LogP contribution in [0.5, 0.6) is 0 Å². The Labute approximate surface area is 239 Å². The van der Waals surface area contributed by atoms with Crippen LogP contribution >= 0.6 is 0 Å². The largest absolute Gasteiger partial charge is 0.354 e. The van der Waals surface area contributed by atoms with Crippen molar-refractivity contribution >= 4 is 27.5 Å². The molecular weight excluding hydrogens is 522 g/mol. The Balaban J connectivity index is 2.06. The molecule has 0 spiro atoms. The highest BCUT2D eigenvalue weighted by atomic mass is 32.2. The molecule has 3 rings (SSSR count). The summed E-state index contributed by atoms with van der Waals surface area (Å²) in [5, 5.41) is 3.00. The maximum Gasteiger partial charge on any atom is 0.244 e. The van der Waals surface area contributed by atoms with Gasteiger partial charge in [0.2, 0.25) is 21.8 Å². The Bertz CT molecular complexity index is 1380. The van der Waals surface area contributed by atoms with E-state index in [1.54, 1.807) is 12.1 Å². The minimum absolute atomic E-state index is 0.163. The smallest absolute Gasteiger partial charge is 0.244 e. The normalized spacial score (nSPS) is 12.2. The van der Waals surface area contributed by atoms with Crippen LogP contribution in [0.4, 0.5) is 5.69 Å². The van der Waals surface area contributed by atoms with Crippen LogP contribution in [0.15, 0.2) is 72.8 Å². The average Bonchev–Trinajstić information content (AvgIpc) is 2.88. The van der Waals surface area contributed by atoms with Crippen LogP contribution in [-0.2, 0) is 32.6 Å². The minimum atomic E-state index is -3.80. The number of carbonyl (C=O) groups is 2. The van der Waals surface area contributed by atoms with Crippen molar-refractivity contribution in [3.63, 3.8) is 0 Å². The fourth-order valence-corrected chi connectivity index (χ4v) is 5.41. The van der Waals surface area contributed by atoms with Gasteiger partial charge >= 0.3 is 0 Å². The molecule has 0 saturated heterocycles. The third kappa shape index (κ3) is 8.95. The molecule has 8 heteroatoms. The summed E-state index contributed by atoms with van der Waals surface area (Å²) in [5.74, 6) is -0.492. The zero-order valence-corrected chi connectivity index (χ0v) is 25.2. The number of anilines is 1. The first-order valence-electron chi connectivity index (χ1n) is 13.6. The second kappa shape index (κ2) is 13.6. The van der Waals surface area contributed by atoms with Gasteiger partial charge in [-0.25, -0.2) is 8.42 Å². The third-order valence-electron chi connectivity index (χ3n) is 6.60. The highest BCUT2D eigenvalue weighted by Gasteiger charge is 2.33. The standard InChI is InChI=1S/C32H41N3O4S/c1-23(2)20-33-32(37)30(19-27-10-8-7-9-11-27)34(21-28-14-12-24(3)13-15-28)31(36)22-35(40(6,38)39)29-17-25(4)16-26(5)18-29/h7-18,23,30H,19-22H2,1-6H3,(H,33,37). The molecule has 1 unspecified atom stereocenters. The van der Waals surface area contributed by atoms with Crippen molar-refractivity contribution in [1.82, 2.24) is 10.2 Å². The summed E-state index contributed by atoms with van der Waals surface area (Å²) in [7, 11) is -3.80. The van der Waals surface area contributed by atoms with Crippen molar-refractivity contribution in [1.29, 1.82) is 0 Å². The van der Waals surface area contributed by atoms with E-state index in [1.807, 2.05) is 95.3 Å². The van der Waals surface area contributed by atoms with Crippen LogP contribution < -0.4 is 9.62 Å². The van der Waals surface area contributed by atoms with E-state index in [0.29, 0.717) is 18.7 Å². The lowest BCUT2D eigenvalue weighted by Crippen LogP contribution is -2.53. The van der Waals surface area contributed by atoms with Gasteiger partial charge in [0.1, 0.15) is 12.6 Å². The zero-order chi connectivity index (χ0) is 29.4. The molecule has 0 fully saturated rings. The van der Waals surface area contributed by atoms with Crippen LogP contribution in [0.25, 0.3) is 0 Å². The third-order valence-corrected chi connectivity index (χ3v) is 7.74. The number of aryl methyl sites for hydroxylation is 3. The molecule has 0 aromatic heterocycles. The van der Waals surface area contributed by atoms with E-state index in [-0.39, 0.29) is 18.4 Å². The van der Waals surface area contributed by atoms with Gasteiger partial charge < -0.3 is 10.2 Å². The van der Waals surface area contributed by atoms with Crippen LogP contribution in [-0.4, -0.2) is 50.5 Å². The van der Waals surface area contributed by atoms with Gasteiger partial charge in [-0.1, -0.05) is 80.1 Å². The number of nitrogens with one attached hydrogen (secondary N) is 1. The van der Waals surface area contributed by atoms with Gasteiger partial charge in [0.05, 0.1) is 11.9 Å². The van der Waals surface area contributed by atoms with Crippen molar-refractivity contribution in [2.24, 2.45) is 5.92 Å². The van der Waals surface area contributed by atoms with Crippen molar-refractivity contribution in [3.05, 3.63) is 101 Å². The Kier molecular flexibility index (Phi) is 10.5. The van der Waals surface area contributed by atoms with Gasteiger partial charge in [-0.05, 0) is 61.1 Å². The average molecular weight is 564 g/mol. The Hall–Kier alpha value is -3.65. The molecular formula is C32H41N3O4S. The van der Waals surface area contributed by atoms with Crippen molar-refractivity contribution in [2.75, 3.05) is 23.7 Å². The summed E-state index contributed by atoms with van der Waals surface area (Å²) in [6, 6.07) is 21.9. The van der Waals surface area contributed by atoms with Crippen molar-refractivity contribution in [2.45, 2.75) is 53.6 Å². The van der Waals surface area contributed by atoms with Crippen molar-refractivity contribution in [3.8, 4) is 0 Å². The molecule has 3 aromatic rings. The molecule has 2 amide bonds. The number of hydrogen-bond acceptors (Lipinski definition) is 4. The highest BCUT2D eigenvalue weighted by Crippen LogP contribution is 2.23. The van der Waals surface area contributed by atoms with E-state index in [9.17, 15) is 18.0 Å². The number of sulfonamides is 1. The van der Waals surface area contributed by atoms with Gasteiger partial charge in [-0.3, -0.25) is 13.9 Å². The predicted molar refractivity (Wildman–Crippen MR) is 162 cm³/mol. The van der Waals surface area contributed by atoms with Crippen LogP contribution in [0.1, 0.15) is 41.7 Å². The summed E-state index contributed by atoms with van der Waals surface area (Å²) < 4.78 is 27.0. The molecule has 40 heavy (non-hydrogen) atoms. The summed E-state index contributed by atoms with van der Waals surface area (Å²) in [6.07, 6.45) is 1.39. The lowest BCUT2D eigenvalue weighted by molar-refractivity contribution is -0.140. The molecule has 0 aliphatic carbocycles. The summed E-state index contributed by atoms with van der Waals surface area (Å²) in [5.41, 5.74) is 5.04. The van der Waals surface area contributed by atoms with Gasteiger partial charge in [0.25, 0.3) is 0 Å². The molecule has 0 saturated carbocycles. The van der Waals surface area contributed by atoms with Crippen LogP contribution in [0.3, 0.4) is 0 Å². The summed E-state index contributed by atoms with van der Waals surface area (Å²) in [4.78, 5) is 29.3. The van der Waals surface area contributed by atoms with E-state index in [1.165, 1.54) is 4.90 Å². The summed E-state index contributed by atoms with van der Waals surface area (Å²) >= 11 is 0. The first-order valence-corrected chi connectivity index (χ1v) is 15.4. The maximum absolute atomic E-state index is 14.1. The molecule has 0 radical (unpaired) electrons. The van der Waals surface area contributed by atoms with Crippen molar-refractivity contribution < 1.29 is 18.0 Å². The minimum Gasteiger partial charge on any atom is -0.354 e. The number of benzene rings is 3. The second-order valence-corrected chi connectivity index (χ2v) is 12.9. The van der Waals surface area contributed by atoms with E-state index >= 15 is 0 Å². The van der Waals surface area contributed by atoms with E-state index < -0.39 is 28.5 Å². The monoisotopic (exact) mass is 563 g/mol. The number of nitrogens with zero attached hydrogens (tertiary/aromatic N) is 2. The number of rotatable bonds is 12.